The Morgan fingerprint density at radius 1 is 1.89 bits per heavy atom. The molecule has 0 aromatic heterocycles. The number of hydrogen-bond donors (Lipinski definition) is 2. The number of ether oxygens (including phenoxy) is 1. The van der Waals surface area contributed by atoms with Crippen LogP contribution in [0.15, 0.2) is 0 Å². The van der Waals surface area contributed by atoms with Crippen molar-refractivity contribution in [2.45, 2.75) is 12.5 Å². The fourth-order valence-corrected chi connectivity index (χ4v) is 0.362. The van der Waals surface area contributed by atoms with Crippen molar-refractivity contribution < 1.29 is 14.6 Å². The van der Waals surface area contributed by atoms with Gasteiger partial charge < -0.3 is 15.6 Å². The fourth-order valence-electron chi connectivity index (χ4n) is 0.362. The van der Waals surface area contributed by atoms with Crippen molar-refractivity contribution in [3.8, 4) is 0 Å². The van der Waals surface area contributed by atoms with Gasteiger partial charge in [0, 0.05) is 6.04 Å². The van der Waals surface area contributed by atoms with Gasteiger partial charge in [-0.25, -0.2) is 0 Å². The Kier molecular flexibility index (Phi) is 4.00. The highest BCUT2D eigenvalue weighted by Crippen LogP contribution is 1.87. The first-order valence-corrected chi connectivity index (χ1v) is 2.64. The van der Waals surface area contributed by atoms with E-state index >= 15 is 0 Å². The van der Waals surface area contributed by atoms with E-state index in [1.54, 1.807) is 0 Å². The Balaban J connectivity index is 3.34. The number of carbonyl (C=O) groups excluding carboxylic acids is 1. The van der Waals surface area contributed by atoms with Crippen LogP contribution in [0.4, 0.5) is 0 Å². The Labute approximate surface area is 53.6 Å². The lowest BCUT2D eigenvalue weighted by Gasteiger charge is -2.03. The molecule has 0 spiro atoms. The molecule has 0 radical (unpaired) electrons. The molecule has 0 aromatic rings. The number of aliphatic hydroxyl groups is 1. The van der Waals surface area contributed by atoms with E-state index in [0.29, 0.717) is 0 Å². The second-order valence-corrected chi connectivity index (χ2v) is 1.72. The summed E-state index contributed by atoms with van der Waals surface area (Å²) in [6.45, 7) is -0.185. The first-order valence-electron chi connectivity index (χ1n) is 2.64. The number of rotatable bonds is 3. The van der Waals surface area contributed by atoms with E-state index in [0.717, 1.165) is 0 Å². The number of carbonyl (C=O) groups is 1. The quantitative estimate of drug-likeness (QED) is 0.478. The van der Waals surface area contributed by atoms with Crippen LogP contribution in [0, 0.1) is 0 Å². The monoisotopic (exact) mass is 133 g/mol. The molecular formula is C5H11NO3. The molecule has 4 heteroatoms. The Bertz CT molecular complexity index is 94.2. The predicted octanol–water partition coefficient (Wildman–Crippen LogP) is -1.13. The summed E-state index contributed by atoms with van der Waals surface area (Å²) in [4.78, 5) is 10.4. The molecule has 9 heavy (non-hydrogen) atoms. The van der Waals surface area contributed by atoms with E-state index in [4.69, 9.17) is 10.8 Å². The lowest BCUT2D eigenvalue weighted by molar-refractivity contribution is -0.141. The maximum absolute atomic E-state index is 10.4. The van der Waals surface area contributed by atoms with Gasteiger partial charge in [0.25, 0.3) is 0 Å². The largest absolute Gasteiger partial charge is 0.469 e. The molecule has 0 rings (SSSR count). The van der Waals surface area contributed by atoms with Crippen LogP contribution in [0.5, 0.6) is 0 Å². The van der Waals surface area contributed by atoms with Gasteiger partial charge in [-0.05, 0) is 0 Å². The van der Waals surface area contributed by atoms with Crippen molar-refractivity contribution in [2.24, 2.45) is 5.73 Å². The van der Waals surface area contributed by atoms with E-state index < -0.39 is 12.0 Å². The lowest BCUT2D eigenvalue weighted by atomic mass is 10.2. The Morgan fingerprint density at radius 3 is 2.78 bits per heavy atom. The van der Waals surface area contributed by atoms with Crippen LogP contribution in [-0.4, -0.2) is 30.8 Å². The van der Waals surface area contributed by atoms with Gasteiger partial charge in [-0.1, -0.05) is 0 Å². The minimum Gasteiger partial charge on any atom is -0.469 e. The first-order chi connectivity index (χ1) is 4.20. The normalized spacial score (nSPS) is 12.8. The van der Waals surface area contributed by atoms with E-state index in [1.165, 1.54) is 7.11 Å². The van der Waals surface area contributed by atoms with Crippen LogP contribution in [0.3, 0.4) is 0 Å². The molecule has 4 nitrogen and oxygen atoms in total. The highest BCUT2D eigenvalue weighted by Gasteiger charge is 2.06. The van der Waals surface area contributed by atoms with Gasteiger partial charge in [-0.3, -0.25) is 4.79 Å². The van der Waals surface area contributed by atoms with Crippen molar-refractivity contribution >= 4 is 5.97 Å². The smallest absolute Gasteiger partial charge is 0.307 e. The molecule has 0 saturated heterocycles. The molecule has 0 aliphatic heterocycles. The van der Waals surface area contributed by atoms with Crippen molar-refractivity contribution in [2.75, 3.05) is 13.7 Å². The minimum absolute atomic E-state index is 0.0764. The molecule has 0 bridgehead atoms. The maximum atomic E-state index is 10.4. The van der Waals surface area contributed by atoms with Crippen LogP contribution in [0.25, 0.3) is 0 Å². The molecule has 0 unspecified atom stereocenters. The number of nitrogens with two attached hydrogens (primary N) is 1. The third-order valence-electron chi connectivity index (χ3n) is 0.891. The molecule has 0 heterocycles. The Hall–Kier alpha value is -0.610. The van der Waals surface area contributed by atoms with Gasteiger partial charge in [0.15, 0.2) is 0 Å². The number of aliphatic hydroxyl groups excluding tert-OH is 1. The van der Waals surface area contributed by atoms with Crippen molar-refractivity contribution in [3.63, 3.8) is 0 Å². The zero-order chi connectivity index (χ0) is 7.28. The molecule has 1 atom stereocenters. The van der Waals surface area contributed by atoms with E-state index in [1.807, 2.05) is 0 Å². The van der Waals surface area contributed by atoms with Gasteiger partial charge in [-0.15, -0.1) is 0 Å². The molecule has 0 saturated carbocycles. The summed E-state index contributed by atoms with van der Waals surface area (Å²) in [5.74, 6) is -0.392. The Morgan fingerprint density at radius 2 is 2.44 bits per heavy atom. The van der Waals surface area contributed by atoms with Crippen LogP contribution >= 0.6 is 0 Å². The average Bonchev–Trinajstić information content (AvgIpc) is 1.87. The maximum Gasteiger partial charge on any atom is 0.307 e. The zero-order valence-corrected chi connectivity index (χ0v) is 5.33. The van der Waals surface area contributed by atoms with Crippen molar-refractivity contribution in [1.82, 2.24) is 0 Å². The standard InChI is InChI=1S/C5H11NO3/c1-9-5(8)2-4(6)3-7/h4,7H,2-3,6H2,1H3/t4-/m0/s1. The molecule has 0 aliphatic rings. The minimum atomic E-state index is -0.488. The van der Waals surface area contributed by atoms with Crippen LogP contribution < -0.4 is 5.73 Å². The summed E-state index contributed by atoms with van der Waals surface area (Å²) in [6, 6.07) is -0.488. The zero-order valence-electron chi connectivity index (χ0n) is 5.33. The molecular weight excluding hydrogens is 122 g/mol. The number of esters is 1. The molecule has 0 amide bonds. The van der Waals surface area contributed by atoms with Gasteiger partial charge >= 0.3 is 5.97 Å². The average molecular weight is 133 g/mol. The fraction of sp³-hybridized carbons (Fsp3) is 0.800. The van der Waals surface area contributed by atoms with Crippen LogP contribution in [0.2, 0.25) is 0 Å². The highest BCUT2D eigenvalue weighted by molar-refractivity contribution is 5.69. The second kappa shape index (κ2) is 4.29. The molecule has 3 N–H and O–H groups in total. The van der Waals surface area contributed by atoms with E-state index in [9.17, 15) is 4.79 Å². The van der Waals surface area contributed by atoms with E-state index in [-0.39, 0.29) is 13.0 Å². The van der Waals surface area contributed by atoms with Crippen LogP contribution in [0.1, 0.15) is 6.42 Å². The molecule has 54 valence electrons. The van der Waals surface area contributed by atoms with Gasteiger partial charge in [0.2, 0.25) is 0 Å². The lowest BCUT2D eigenvalue weighted by Crippen LogP contribution is -2.27. The van der Waals surface area contributed by atoms with Gasteiger partial charge in [-0.2, -0.15) is 0 Å². The molecule has 0 aromatic carbocycles. The SMILES string of the molecule is COC(=O)C[C@H](N)CO. The summed E-state index contributed by atoms with van der Waals surface area (Å²) in [5.41, 5.74) is 5.20. The van der Waals surface area contributed by atoms with Crippen molar-refractivity contribution in [1.29, 1.82) is 0 Å². The highest BCUT2D eigenvalue weighted by atomic mass is 16.5. The number of methoxy groups -OCH3 is 1. The molecule has 0 fully saturated rings. The van der Waals surface area contributed by atoms with Crippen molar-refractivity contribution in [3.05, 3.63) is 0 Å². The second-order valence-electron chi connectivity index (χ2n) is 1.72. The summed E-state index contributed by atoms with van der Waals surface area (Å²) in [5, 5.41) is 8.35. The van der Waals surface area contributed by atoms with Gasteiger partial charge in [0.1, 0.15) is 0 Å². The summed E-state index contributed by atoms with van der Waals surface area (Å²) >= 11 is 0. The van der Waals surface area contributed by atoms with Crippen LogP contribution in [-0.2, 0) is 9.53 Å². The summed E-state index contributed by atoms with van der Waals surface area (Å²) < 4.78 is 4.29. The molecule has 0 aliphatic carbocycles. The third kappa shape index (κ3) is 3.93. The van der Waals surface area contributed by atoms with Gasteiger partial charge in [0.05, 0.1) is 20.1 Å². The summed E-state index contributed by atoms with van der Waals surface area (Å²) in [6.07, 6.45) is 0.0764. The summed E-state index contributed by atoms with van der Waals surface area (Å²) in [7, 11) is 1.28. The predicted molar refractivity (Wildman–Crippen MR) is 31.7 cm³/mol. The third-order valence-corrected chi connectivity index (χ3v) is 0.891. The van der Waals surface area contributed by atoms with E-state index in [2.05, 4.69) is 4.74 Å². The topological polar surface area (TPSA) is 72.5 Å². The number of hydrogen-bond acceptors (Lipinski definition) is 4. The first kappa shape index (κ1) is 8.39.